The first-order chi connectivity index (χ1) is 13.5. The molecule has 4 rings (SSSR count). The molecule has 0 fully saturated rings. The molecular formula is C20H18N2O4S2. The maximum Gasteiger partial charge on any atom is 0.268 e. The Morgan fingerprint density at radius 2 is 1.93 bits per heavy atom. The van der Waals surface area contributed by atoms with E-state index in [1.165, 1.54) is 30.6 Å². The molecule has 0 radical (unpaired) electrons. The molecule has 28 heavy (non-hydrogen) atoms. The highest BCUT2D eigenvalue weighted by Gasteiger charge is 2.27. The molecule has 144 valence electrons. The largest absolute Gasteiger partial charge is 0.497 e. The summed E-state index contributed by atoms with van der Waals surface area (Å²) in [6.07, 6.45) is 0.748. The van der Waals surface area contributed by atoms with Crippen LogP contribution in [0.2, 0.25) is 0 Å². The predicted octanol–water partition coefficient (Wildman–Crippen LogP) is 3.76. The van der Waals surface area contributed by atoms with E-state index in [1.807, 2.05) is 17.5 Å². The third-order valence-electron chi connectivity index (χ3n) is 4.58. The molecule has 0 atom stereocenters. The fraction of sp³-hybridized carbons (Fsp3) is 0.150. The van der Waals surface area contributed by atoms with Crippen LogP contribution in [0, 0.1) is 0 Å². The molecule has 0 aliphatic carbocycles. The van der Waals surface area contributed by atoms with Gasteiger partial charge in [0.1, 0.15) is 5.75 Å². The van der Waals surface area contributed by atoms with Gasteiger partial charge in [-0.3, -0.25) is 9.52 Å². The van der Waals surface area contributed by atoms with Crippen molar-refractivity contribution in [1.82, 2.24) is 0 Å². The van der Waals surface area contributed by atoms with Crippen LogP contribution in [0.1, 0.15) is 15.2 Å². The number of hydrogen-bond donors (Lipinski definition) is 1. The molecule has 0 saturated carbocycles. The van der Waals surface area contributed by atoms with Gasteiger partial charge in [-0.1, -0.05) is 12.1 Å². The highest BCUT2D eigenvalue weighted by Crippen LogP contribution is 2.33. The number of benzene rings is 2. The molecule has 2 aromatic carbocycles. The summed E-state index contributed by atoms with van der Waals surface area (Å²) in [6.45, 7) is 0.584. The third-order valence-corrected chi connectivity index (χ3v) is 6.83. The van der Waals surface area contributed by atoms with E-state index in [-0.39, 0.29) is 10.8 Å². The van der Waals surface area contributed by atoms with Crippen LogP contribution in [0.25, 0.3) is 0 Å². The zero-order valence-electron chi connectivity index (χ0n) is 15.1. The molecule has 0 saturated heterocycles. The molecule has 1 aliphatic rings. The monoisotopic (exact) mass is 414 g/mol. The average molecular weight is 415 g/mol. The number of methoxy groups -OCH3 is 1. The smallest absolute Gasteiger partial charge is 0.268 e. The van der Waals surface area contributed by atoms with Gasteiger partial charge in [-0.05, 0) is 59.8 Å². The summed E-state index contributed by atoms with van der Waals surface area (Å²) in [5, 5.41) is 1.86. The second-order valence-corrected chi connectivity index (χ2v) is 8.94. The molecule has 0 spiro atoms. The van der Waals surface area contributed by atoms with Crippen LogP contribution in [0.5, 0.6) is 5.75 Å². The summed E-state index contributed by atoms with van der Waals surface area (Å²) in [7, 11) is -2.22. The van der Waals surface area contributed by atoms with Gasteiger partial charge in [0.15, 0.2) is 0 Å². The van der Waals surface area contributed by atoms with Crippen molar-refractivity contribution in [2.75, 3.05) is 23.3 Å². The van der Waals surface area contributed by atoms with Crippen LogP contribution in [-0.2, 0) is 16.4 Å². The number of nitrogens with one attached hydrogen (secondary N) is 1. The SMILES string of the molecule is COc1ccc(S(=O)(=O)Nc2ccc3c(c2)N(C(=O)c2cccs2)CC3)cc1. The molecular weight excluding hydrogens is 396 g/mol. The van der Waals surface area contributed by atoms with E-state index >= 15 is 0 Å². The van der Waals surface area contributed by atoms with Crippen LogP contribution in [-0.4, -0.2) is 28.0 Å². The van der Waals surface area contributed by atoms with Crippen molar-refractivity contribution < 1.29 is 17.9 Å². The Kier molecular flexibility index (Phi) is 4.82. The number of sulfonamides is 1. The van der Waals surface area contributed by atoms with Crippen LogP contribution >= 0.6 is 11.3 Å². The molecule has 1 N–H and O–H groups in total. The van der Waals surface area contributed by atoms with Gasteiger partial charge in [-0.15, -0.1) is 11.3 Å². The number of rotatable bonds is 5. The molecule has 0 unspecified atom stereocenters. The number of carbonyl (C=O) groups is 1. The summed E-state index contributed by atoms with van der Waals surface area (Å²) in [4.78, 5) is 15.2. The van der Waals surface area contributed by atoms with E-state index in [9.17, 15) is 13.2 Å². The minimum Gasteiger partial charge on any atom is -0.497 e. The van der Waals surface area contributed by atoms with E-state index in [0.717, 1.165) is 17.7 Å². The topological polar surface area (TPSA) is 75.7 Å². The highest BCUT2D eigenvalue weighted by atomic mass is 32.2. The van der Waals surface area contributed by atoms with Crippen molar-refractivity contribution in [3.05, 3.63) is 70.4 Å². The van der Waals surface area contributed by atoms with Gasteiger partial charge < -0.3 is 9.64 Å². The summed E-state index contributed by atoms with van der Waals surface area (Å²) in [5.74, 6) is 0.517. The summed E-state index contributed by atoms with van der Waals surface area (Å²) in [6, 6.07) is 15.1. The maximum absolute atomic E-state index is 12.7. The van der Waals surface area contributed by atoms with Crippen molar-refractivity contribution in [2.45, 2.75) is 11.3 Å². The van der Waals surface area contributed by atoms with Gasteiger partial charge in [0, 0.05) is 12.2 Å². The molecule has 3 aromatic rings. The van der Waals surface area contributed by atoms with Gasteiger partial charge in [0.05, 0.1) is 22.6 Å². The predicted molar refractivity (Wildman–Crippen MR) is 110 cm³/mol. The van der Waals surface area contributed by atoms with E-state index in [1.54, 1.807) is 35.2 Å². The summed E-state index contributed by atoms with van der Waals surface area (Å²) < 4.78 is 33.0. The first kappa shape index (κ1) is 18.5. The second kappa shape index (κ2) is 7.29. The van der Waals surface area contributed by atoms with E-state index in [0.29, 0.717) is 22.9 Å². The lowest BCUT2D eigenvalue weighted by Crippen LogP contribution is -2.28. The van der Waals surface area contributed by atoms with Crippen molar-refractivity contribution >= 4 is 38.6 Å². The molecule has 1 aromatic heterocycles. The van der Waals surface area contributed by atoms with Crippen molar-refractivity contribution in [3.8, 4) is 5.75 Å². The Hall–Kier alpha value is -2.84. The Morgan fingerprint density at radius 1 is 1.14 bits per heavy atom. The number of carbonyl (C=O) groups excluding carboxylic acids is 1. The average Bonchev–Trinajstić information content (AvgIpc) is 3.37. The van der Waals surface area contributed by atoms with Crippen molar-refractivity contribution in [1.29, 1.82) is 0 Å². The van der Waals surface area contributed by atoms with Gasteiger partial charge in [0.25, 0.3) is 15.9 Å². The fourth-order valence-electron chi connectivity index (χ4n) is 3.16. The molecule has 0 bridgehead atoms. The van der Waals surface area contributed by atoms with Gasteiger partial charge in [0.2, 0.25) is 0 Å². The lowest BCUT2D eigenvalue weighted by molar-refractivity contribution is 0.0993. The lowest BCUT2D eigenvalue weighted by Gasteiger charge is -2.17. The number of anilines is 2. The zero-order chi connectivity index (χ0) is 19.7. The quantitative estimate of drug-likeness (QED) is 0.690. The van der Waals surface area contributed by atoms with Crippen LogP contribution < -0.4 is 14.4 Å². The molecule has 2 heterocycles. The Morgan fingerprint density at radius 3 is 2.61 bits per heavy atom. The lowest BCUT2D eigenvalue weighted by atomic mass is 10.1. The number of thiophene rings is 1. The minimum absolute atomic E-state index is 0.0658. The van der Waals surface area contributed by atoms with Crippen LogP contribution in [0.3, 0.4) is 0 Å². The van der Waals surface area contributed by atoms with E-state index in [2.05, 4.69) is 4.72 Å². The van der Waals surface area contributed by atoms with Crippen LogP contribution in [0.4, 0.5) is 11.4 Å². The Bertz CT molecular complexity index is 1110. The first-order valence-corrected chi connectivity index (χ1v) is 11.0. The summed E-state index contributed by atoms with van der Waals surface area (Å²) in [5.41, 5.74) is 2.19. The Labute approximate surface area is 167 Å². The van der Waals surface area contributed by atoms with Gasteiger partial charge in [-0.2, -0.15) is 0 Å². The van der Waals surface area contributed by atoms with E-state index in [4.69, 9.17) is 4.74 Å². The number of nitrogens with zero attached hydrogens (tertiary/aromatic N) is 1. The van der Waals surface area contributed by atoms with Crippen molar-refractivity contribution in [2.24, 2.45) is 0 Å². The fourth-order valence-corrected chi connectivity index (χ4v) is 4.88. The zero-order valence-corrected chi connectivity index (χ0v) is 16.7. The molecule has 6 nitrogen and oxygen atoms in total. The van der Waals surface area contributed by atoms with Gasteiger partial charge in [-0.25, -0.2) is 8.42 Å². The molecule has 1 aliphatic heterocycles. The third kappa shape index (κ3) is 3.48. The standard InChI is InChI=1S/C20H18N2O4S2/c1-26-16-6-8-17(9-7-16)28(24,25)21-15-5-4-14-10-11-22(18(14)13-15)20(23)19-3-2-12-27-19/h2-9,12-13,21H,10-11H2,1H3. The molecule has 8 heteroatoms. The maximum atomic E-state index is 12.7. The van der Waals surface area contributed by atoms with E-state index < -0.39 is 10.0 Å². The number of ether oxygens (including phenoxy) is 1. The highest BCUT2D eigenvalue weighted by molar-refractivity contribution is 7.92. The molecule has 1 amide bonds. The number of hydrogen-bond acceptors (Lipinski definition) is 5. The first-order valence-electron chi connectivity index (χ1n) is 8.63. The second-order valence-electron chi connectivity index (χ2n) is 6.31. The normalized spacial score (nSPS) is 13.2. The summed E-state index contributed by atoms with van der Waals surface area (Å²) >= 11 is 1.39. The minimum atomic E-state index is -3.74. The van der Waals surface area contributed by atoms with Gasteiger partial charge >= 0.3 is 0 Å². The number of fused-ring (bicyclic) bond motifs is 1. The number of amides is 1. The Balaban J connectivity index is 1.60. The van der Waals surface area contributed by atoms with Crippen molar-refractivity contribution in [3.63, 3.8) is 0 Å². The van der Waals surface area contributed by atoms with Crippen LogP contribution in [0.15, 0.2) is 64.9 Å².